The first-order chi connectivity index (χ1) is 13.1. The van der Waals surface area contributed by atoms with Crippen LogP contribution in [0.2, 0.25) is 0 Å². The van der Waals surface area contributed by atoms with Crippen molar-refractivity contribution in [2.75, 3.05) is 52.9 Å². The summed E-state index contributed by atoms with van der Waals surface area (Å²) in [5, 5.41) is 8.52. The molecule has 0 amide bonds. The Morgan fingerprint density at radius 3 is 2.00 bits per heavy atom. The number of aliphatic hydroxyl groups excluding tert-OH is 1. The summed E-state index contributed by atoms with van der Waals surface area (Å²) in [6.07, 6.45) is 4.82. The smallest absolute Gasteiger partial charge is 0.334 e. The van der Waals surface area contributed by atoms with Gasteiger partial charge in [0.25, 0.3) is 0 Å². The average molecular weight is 388 g/mol. The highest BCUT2D eigenvalue weighted by Crippen LogP contribution is 2.21. The van der Waals surface area contributed by atoms with Gasteiger partial charge in [-0.2, -0.15) is 0 Å². The van der Waals surface area contributed by atoms with Crippen LogP contribution in [-0.4, -0.2) is 76.0 Å². The molecule has 0 heterocycles. The molecule has 156 valence electrons. The highest BCUT2D eigenvalue weighted by Gasteiger charge is 2.20. The zero-order chi connectivity index (χ0) is 19.7. The lowest BCUT2D eigenvalue weighted by atomic mass is 9.98. The van der Waals surface area contributed by atoms with E-state index in [2.05, 4.69) is 6.58 Å². The van der Waals surface area contributed by atoms with Crippen molar-refractivity contribution in [3.05, 3.63) is 12.2 Å². The van der Waals surface area contributed by atoms with Crippen molar-refractivity contribution in [3.8, 4) is 0 Å². The van der Waals surface area contributed by atoms with Crippen molar-refractivity contribution in [2.24, 2.45) is 0 Å². The monoisotopic (exact) mass is 388 g/mol. The molecule has 0 aromatic heterocycles. The quantitative estimate of drug-likeness (QED) is 0.255. The molecule has 8 heteroatoms. The van der Waals surface area contributed by atoms with Crippen molar-refractivity contribution in [3.63, 3.8) is 0 Å². The van der Waals surface area contributed by atoms with Crippen molar-refractivity contribution >= 4 is 11.9 Å². The van der Waals surface area contributed by atoms with Gasteiger partial charge >= 0.3 is 11.9 Å². The number of rotatable bonds is 15. The first-order valence-corrected chi connectivity index (χ1v) is 9.52. The molecule has 1 N–H and O–H groups in total. The Morgan fingerprint density at radius 1 is 0.852 bits per heavy atom. The van der Waals surface area contributed by atoms with Gasteiger partial charge in [0, 0.05) is 5.57 Å². The standard InChI is InChI=1S/C19H32O8/c1-16(19(22)27-17-5-3-2-4-6-17)15-18(21)26-14-13-25-12-11-24-10-9-23-8-7-20/h17,20H,1-15H2. The van der Waals surface area contributed by atoms with Crippen molar-refractivity contribution in [1.82, 2.24) is 0 Å². The van der Waals surface area contributed by atoms with E-state index in [4.69, 9.17) is 28.8 Å². The Labute approximate surface area is 160 Å². The van der Waals surface area contributed by atoms with Gasteiger partial charge in [-0.1, -0.05) is 13.0 Å². The first-order valence-electron chi connectivity index (χ1n) is 9.52. The van der Waals surface area contributed by atoms with Crippen molar-refractivity contribution in [2.45, 2.75) is 44.6 Å². The fourth-order valence-corrected chi connectivity index (χ4v) is 2.54. The van der Waals surface area contributed by atoms with Crippen LogP contribution < -0.4 is 0 Å². The maximum Gasteiger partial charge on any atom is 0.334 e. The molecule has 0 radical (unpaired) electrons. The summed E-state index contributed by atoms with van der Waals surface area (Å²) in [4.78, 5) is 23.6. The third kappa shape index (κ3) is 12.5. The molecular weight excluding hydrogens is 356 g/mol. The lowest BCUT2D eigenvalue weighted by molar-refractivity contribution is -0.150. The lowest BCUT2D eigenvalue weighted by Gasteiger charge is -2.22. The highest BCUT2D eigenvalue weighted by molar-refractivity contribution is 5.93. The number of carbonyl (C=O) groups excluding carboxylic acids is 2. The van der Waals surface area contributed by atoms with Gasteiger partial charge in [-0.25, -0.2) is 4.79 Å². The SMILES string of the molecule is C=C(CC(=O)OCCOCCOCCOCCO)C(=O)OC1CCCCC1. The van der Waals surface area contributed by atoms with E-state index in [9.17, 15) is 9.59 Å². The number of aliphatic hydroxyl groups is 1. The summed E-state index contributed by atoms with van der Waals surface area (Å²) in [5.74, 6) is -1.04. The predicted molar refractivity (Wildman–Crippen MR) is 97.2 cm³/mol. The average Bonchev–Trinajstić information content (AvgIpc) is 2.66. The second kappa shape index (κ2) is 15.6. The van der Waals surface area contributed by atoms with Crippen LogP contribution in [-0.2, 0) is 33.3 Å². The third-order valence-electron chi connectivity index (χ3n) is 3.94. The van der Waals surface area contributed by atoms with Crippen molar-refractivity contribution in [1.29, 1.82) is 0 Å². The first kappa shape index (κ1) is 23.6. The Morgan fingerprint density at radius 2 is 1.41 bits per heavy atom. The molecule has 1 saturated carbocycles. The van der Waals surface area contributed by atoms with E-state index in [0.717, 1.165) is 25.7 Å². The van der Waals surface area contributed by atoms with E-state index < -0.39 is 11.9 Å². The second-order valence-electron chi connectivity index (χ2n) is 6.23. The maximum absolute atomic E-state index is 11.9. The molecule has 1 aliphatic carbocycles. The fourth-order valence-electron chi connectivity index (χ4n) is 2.54. The van der Waals surface area contributed by atoms with Gasteiger partial charge in [0.2, 0.25) is 0 Å². The highest BCUT2D eigenvalue weighted by atomic mass is 16.6. The largest absolute Gasteiger partial charge is 0.463 e. The van der Waals surface area contributed by atoms with E-state index in [-0.39, 0.29) is 37.9 Å². The molecule has 0 atom stereocenters. The van der Waals surface area contributed by atoms with Crippen LogP contribution >= 0.6 is 0 Å². The topological polar surface area (TPSA) is 101 Å². The molecule has 0 unspecified atom stereocenters. The molecule has 27 heavy (non-hydrogen) atoms. The van der Waals surface area contributed by atoms with E-state index in [1.807, 2.05) is 0 Å². The van der Waals surface area contributed by atoms with Crippen molar-refractivity contribution < 1.29 is 38.4 Å². The Hall–Kier alpha value is -1.48. The summed E-state index contributed by atoms with van der Waals surface area (Å²) in [6.45, 7) is 5.89. The van der Waals surface area contributed by atoms with Crippen LogP contribution in [0.25, 0.3) is 0 Å². The van der Waals surface area contributed by atoms with Gasteiger partial charge in [-0.15, -0.1) is 0 Å². The van der Waals surface area contributed by atoms with E-state index >= 15 is 0 Å². The molecule has 0 aromatic carbocycles. The number of hydrogen-bond donors (Lipinski definition) is 1. The molecule has 0 aromatic rings. The zero-order valence-corrected chi connectivity index (χ0v) is 16.0. The molecule has 0 bridgehead atoms. The minimum Gasteiger partial charge on any atom is -0.463 e. The van der Waals surface area contributed by atoms with Crippen LogP contribution in [0.1, 0.15) is 38.5 Å². The molecule has 1 fully saturated rings. The number of esters is 2. The summed E-state index contributed by atoms with van der Waals surface area (Å²) in [6, 6.07) is 0. The van der Waals surface area contributed by atoms with Crippen LogP contribution in [0.3, 0.4) is 0 Å². The van der Waals surface area contributed by atoms with Gasteiger partial charge in [0.15, 0.2) is 0 Å². The number of ether oxygens (including phenoxy) is 5. The van der Waals surface area contributed by atoms with Crippen LogP contribution in [0, 0.1) is 0 Å². The second-order valence-corrected chi connectivity index (χ2v) is 6.23. The fraction of sp³-hybridized carbons (Fsp3) is 0.789. The predicted octanol–water partition coefficient (Wildman–Crippen LogP) is 1.39. The molecule has 8 nitrogen and oxygen atoms in total. The lowest BCUT2D eigenvalue weighted by Crippen LogP contribution is -2.23. The van der Waals surface area contributed by atoms with Gasteiger partial charge in [-0.3, -0.25) is 4.79 Å². The summed E-state index contributed by atoms with van der Waals surface area (Å²) >= 11 is 0. The third-order valence-corrected chi connectivity index (χ3v) is 3.94. The summed E-state index contributed by atoms with van der Waals surface area (Å²) in [5.41, 5.74) is 0.114. The normalized spacial score (nSPS) is 14.7. The minimum atomic E-state index is -0.526. The number of carbonyl (C=O) groups is 2. The molecule has 0 spiro atoms. The van der Waals surface area contributed by atoms with Crippen LogP contribution in [0.15, 0.2) is 12.2 Å². The molecule has 1 aliphatic rings. The summed E-state index contributed by atoms with van der Waals surface area (Å²) in [7, 11) is 0. The minimum absolute atomic E-state index is 0.00309. The van der Waals surface area contributed by atoms with Gasteiger partial charge in [0.1, 0.15) is 12.7 Å². The van der Waals surface area contributed by atoms with E-state index in [1.54, 1.807) is 0 Å². The summed E-state index contributed by atoms with van der Waals surface area (Å²) < 4.78 is 25.9. The Balaban J connectivity index is 1.95. The Kier molecular flexibility index (Phi) is 13.6. The Bertz CT molecular complexity index is 431. The number of hydrogen-bond acceptors (Lipinski definition) is 8. The van der Waals surface area contributed by atoms with Gasteiger partial charge < -0.3 is 28.8 Å². The van der Waals surface area contributed by atoms with Gasteiger partial charge in [-0.05, 0) is 25.7 Å². The van der Waals surface area contributed by atoms with Gasteiger partial charge in [0.05, 0.1) is 52.7 Å². The van der Waals surface area contributed by atoms with Crippen LogP contribution in [0.5, 0.6) is 0 Å². The maximum atomic E-state index is 11.9. The van der Waals surface area contributed by atoms with E-state index in [0.29, 0.717) is 33.0 Å². The zero-order valence-electron chi connectivity index (χ0n) is 16.0. The molecule has 0 aliphatic heterocycles. The molecule has 0 saturated heterocycles. The molecular formula is C19H32O8. The molecule has 1 rings (SSSR count). The van der Waals surface area contributed by atoms with Crippen LogP contribution in [0.4, 0.5) is 0 Å². The van der Waals surface area contributed by atoms with E-state index in [1.165, 1.54) is 6.42 Å².